The Hall–Kier alpha value is -1.91. The van der Waals surface area contributed by atoms with Crippen LogP contribution in [0.25, 0.3) is 0 Å². The van der Waals surface area contributed by atoms with Gasteiger partial charge in [0.15, 0.2) is 0 Å². The number of carboxylic acids is 1. The summed E-state index contributed by atoms with van der Waals surface area (Å²) < 4.78 is 4.91. The molecule has 0 radical (unpaired) electrons. The smallest absolute Gasteiger partial charge is 0.354 e. The molecule has 1 rings (SSSR count). The molecule has 1 heterocycles. The van der Waals surface area contributed by atoms with Crippen LogP contribution in [0.5, 0.6) is 0 Å². The molecule has 15 heavy (non-hydrogen) atoms. The van der Waals surface area contributed by atoms with Gasteiger partial charge in [0.2, 0.25) is 0 Å². The van der Waals surface area contributed by atoms with Crippen LogP contribution in [0.2, 0.25) is 0 Å². The van der Waals surface area contributed by atoms with Gasteiger partial charge >= 0.3 is 11.9 Å². The van der Waals surface area contributed by atoms with E-state index in [0.717, 1.165) is 0 Å². The maximum atomic E-state index is 11.3. The van der Waals surface area contributed by atoms with Crippen molar-refractivity contribution in [2.45, 2.75) is 20.0 Å². The van der Waals surface area contributed by atoms with Gasteiger partial charge in [-0.3, -0.25) is 0 Å². The first-order valence-electron chi connectivity index (χ1n) is 4.41. The van der Waals surface area contributed by atoms with Gasteiger partial charge in [-0.15, -0.1) is 0 Å². The lowest BCUT2D eigenvalue weighted by atomic mass is 10.2. The zero-order chi connectivity index (χ0) is 11.4. The second-order valence-corrected chi connectivity index (χ2v) is 3.19. The van der Waals surface area contributed by atoms with E-state index < -0.39 is 11.9 Å². The minimum atomic E-state index is -1.13. The molecule has 80 valence electrons. The number of hydrogen-bond acceptors (Lipinski definition) is 4. The van der Waals surface area contributed by atoms with E-state index in [0.29, 0.717) is 0 Å². The summed E-state index contributed by atoms with van der Waals surface area (Å²) in [5.74, 6) is -1.63. The Labute approximate surface area is 86.7 Å². The first-order chi connectivity index (χ1) is 7.00. The quantitative estimate of drug-likeness (QED) is 0.760. The molecular weight excluding hydrogens is 198 g/mol. The number of carboxylic acid groups (broad SMARTS) is 1. The lowest BCUT2D eigenvalue weighted by Crippen LogP contribution is -2.12. The topological polar surface area (TPSA) is 76.5 Å². The SMILES string of the molecule is CC(C)OC(=O)c1ccc(C(=O)O)nc1. The Morgan fingerprint density at radius 2 is 2.07 bits per heavy atom. The lowest BCUT2D eigenvalue weighted by molar-refractivity contribution is 0.0376. The molecule has 0 atom stereocenters. The summed E-state index contributed by atoms with van der Waals surface area (Å²) in [4.78, 5) is 25.4. The zero-order valence-corrected chi connectivity index (χ0v) is 8.43. The predicted octanol–water partition coefficient (Wildman–Crippen LogP) is 1.34. The summed E-state index contributed by atoms with van der Waals surface area (Å²) in [7, 11) is 0. The van der Waals surface area contributed by atoms with E-state index in [1.807, 2.05) is 0 Å². The molecule has 0 aliphatic carbocycles. The van der Waals surface area contributed by atoms with E-state index in [2.05, 4.69) is 4.98 Å². The third-order valence-electron chi connectivity index (χ3n) is 1.56. The molecule has 0 unspecified atom stereocenters. The minimum Gasteiger partial charge on any atom is -0.477 e. The van der Waals surface area contributed by atoms with Crippen molar-refractivity contribution in [3.05, 3.63) is 29.6 Å². The molecule has 5 heteroatoms. The summed E-state index contributed by atoms with van der Waals surface area (Å²) in [6, 6.07) is 2.64. The van der Waals surface area contributed by atoms with Gasteiger partial charge in [-0.2, -0.15) is 0 Å². The normalized spacial score (nSPS) is 10.1. The van der Waals surface area contributed by atoms with E-state index in [9.17, 15) is 9.59 Å². The first-order valence-corrected chi connectivity index (χ1v) is 4.41. The Morgan fingerprint density at radius 3 is 2.47 bits per heavy atom. The lowest BCUT2D eigenvalue weighted by Gasteiger charge is -2.07. The van der Waals surface area contributed by atoms with Crippen molar-refractivity contribution in [3.63, 3.8) is 0 Å². The number of rotatable bonds is 3. The molecule has 0 aliphatic rings. The monoisotopic (exact) mass is 209 g/mol. The molecule has 0 saturated carbocycles. The van der Waals surface area contributed by atoms with Gasteiger partial charge in [0.1, 0.15) is 5.69 Å². The van der Waals surface area contributed by atoms with Gasteiger partial charge in [0, 0.05) is 6.20 Å². The highest BCUT2D eigenvalue weighted by Crippen LogP contribution is 2.04. The highest BCUT2D eigenvalue weighted by molar-refractivity contribution is 5.91. The van der Waals surface area contributed by atoms with Gasteiger partial charge in [-0.25, -0.2) is 14.6 Å². The fourth-order valence-electron chi connectivity index (χ4n) is 0.923. The van der Waals surface area contributed by atoms with Crippen molar-refractivity contribution in [2.24, 2.45) is 0 Å². The van der Waals surface area contributed by atoms with Gasteiger partial charge in [0.05, 0.1) is 11.7 Å². The van der Waals surface area contributed by atoms with E-state index in [4.69, 9.17) is 9.84 Å². The molecule has 0 bridgehead atoms. The number of pyridine rings is 1. The molecule has 0 aromatic carbocycles. The number of nitrogens with zero attached hydrogens (tertiary/aromatic N) is 1. The third-order valence-corrected chi connectivity index (χ3v) is 1.56. The van der Waals surface area contributed by atoms with Crippen LogP contribution < -0.4 is 0 Å². The molecular formula is C10H11NO4. The average molecular weight is 209 g/mol. The molecule has 0 saturated heterocycles. The fourth-order valence-corrected chi connectivity index (χ4v) is 0.923. The van der Waals surface area contributed by atoms with Crippen molar-refractivity contribution >= 4 is 11.9 Å². The highest BCUT2D eigenvalue weighted by atomic mass is 16.5. The number of aromatic carboxylic acids is 1. The Morgan fingerprint density at radius 1 is 1.40 bits per heavy atom. The summed E-state index contributed by atoms with van der Waals surface area (Å²) in [6.07, 6.45) is 0.977. The summed E-state index contributed by atoms with van der Waals surface area (Å²) in [5, 5.41) is 8.58. The van der Waals surface area contributed by atoms with Crippen LogP contribution in [0.3, 0.4) is 0 Å². The van der Waals surface area contributed by atoms with Gasteiger partial charge in [-0.05, 0) is 26.0 Å². The van der Waals surface area contributed by atoms with Gasteiger partial charge < -0.3 is 9.84 Å². The molecule has 1 aromatic heterocycles. The second kappa shape index (κ2) is 4.54. The number of aromatic nitrogens is 1. The molecule has 0 spiro atoms. The molecule has 0 fully saturated rings. The molecule has 1 aromatic rings. The van der Waals surface area contributed by atoms with Crippen LogP contribution in [-0.4, -0.2) is 28.1 Å². The van der Waals surface area contributed by atoms with Crippen molar-refractivity contribution in [1.82, 2.24) is 4.98 Å². The molecule has 0 aliphatic heterocycles. The van der Waals surface area contributed by atoms with Gasteiger partial charge in [0.25, 0.3) is 0 Å². The van der Waals surface area contributed by atoms with Crippen LogP contribution in [0, 0.1) is 0 Å². The van der Waals surface area contributed by atoms with Crippen molar-refractivity contribution in [1.29, 1.82) is 0 Å². The van der Waals surface area contributed by atoms with Crippen LogP contribution in [0.15, 0.2) is 18.3 Å². The number of ether oxygens (including phenoxy) is 1. The highest BCUT2D eigenvalue weighted by Gasteiger charge is 2.11. The van der Waals surface area contributed by atoms with E-state index >= 15 is 0 Å². The molecule has 0 amide bonds. The van der Waals surface area contributed by atoms with Crippen molar-refractivity contribution in [3.8, 4) is 0 Å². The average Bonchev–Trinajstić information content (AvgIpc) is 2.17. The predicted molar refractivity (Wildman–Crippen MR) is 51.7 cm³/mol. The first kappa shape index (κ1) is 11.2. The number of esters is 1. The number of carbonyl (C=O) groups is 2. The summed E-state index contributed by atoms with van der Waals surface area (Å²) in [6.45, 7) is 3.47. The van der Waals surface area contributed by atoms with E-state index in [-0.39, 0.29) is 17.4 Å². The van der Waals surface area contributed by atoms with Gasteiger partial charge in [-0.1, -0.05) is 0 Å². The fraction of sp³-hybridized carbons (Fsp3) is 0.300. The van der Waals surface area contributed by atoms with Crippen molar-refractivity contribution < 1.29 is 19.4 Å². The van der Waals surface area contributed by atoms with Crippen LogP contribution in [0.1, 0.15) is 34.7 Å². The Kier molecular flexibility index (Phi) is 3.38. The van der Waals surface area contributed by atoms with E-state index in [1.54, 1.807) is 13.8 Å². The van der Waals surface area contributed by atoms with Crippen LogP contribution in [-0.2, 0) is 4.74 Å². The van der Waals surface area contributed by atoms with Crippen molar-refractivity contribution in [2.75, 3.05) is 0 Å². The third kappa shape index (κ3) is 3.05. The van der Waals surface area contributed by atoms with E-state index in [1.165, 1.54) is 18.3 Å². The van der Waals surface area contributed by atoms with Crippen LogP contribution in [0.4, 0.5) is 0 Å². The zero-order valence-electron chi connectivity index (χ0n) is 8.43. The summed E-state index contributed by atoms with van der Waals surface area (Å²) in [5.41, 5.74) is 0.143. The Balaban J connectivity index is 2.80. The number of carbonyl (C=O) groups excluding carboxylic acids is 1. The largest absolute Gasteiger partial charge is 0.477 e. The van der Waals surface area contributed by atoms with Crippen LogP contribution >= 0.6 is 0 Å². The maximum Gasteiger partial charge on any atom is 0.354 e. The number of hydrogen-bond donors (Lipinski definition) is 1. The maximum absolute atomic E-state index is 11.3. The Bertz CT molecular complexity index is 370. The standard InChI is InChI=1S/C10H11NO4/c1-6(2)15-10(14)7-3-4-8(9(12)13)11-5-7/h3-6H,1-2H3,(H,12,13). The second-order valence-electron chi connectivity index (χ2n) is 3.19. The molecule has 5 nitrogen and oxygen atoms in total. The summed E-state index contributed by atoms with van der Waals surface area (Å²) >= 11 is 0. The molecule has 1 N–H and O–H groups in total. The minimum absolute atomic E-state index is 0.101.